The van der Waals surface area contributed by atoms with Gasteiger partial charge in [0.15, 0.2) is 10.2 Å². The molecule has 1 aliphatic heterocycles. The summed E-state index contributed by atoms with van der Waals surface area (Å²) in [5.41, 5.74) is -0.945. The molecule has 3 N–H and O–H groups in total. The third-order valence-electron chi connectivity index (χ3n) is 6.10. The number of benzene rings is 1. The fraction of sp³-hybridized carbons (Fsp3) is 0.583. The van der Waals surface area contributed by atoms with Crippen LogP contribution in [0, 0.1) is 22.1 Å². The summed E-state index contributed by atoms with van der Waals surface area (Å²) in [5.74, 6) is 0. The minimum absolute atomic E-state index is 0.143. The first-order chi connectivity index (χ1) is 18.3. The summed E-state index contributed by atoms with van der Waals surface area (Å²) in [5, 5.41) is 24.1. The second kappa shape index (κ2) is 14.7. The van der Waals surface area contributed by atoms with Gasteiger partial charge < -0.3 is 19.9 Å². The molecule has 1 aromatic carbocycles. The molecule has 1 aliphatic carbocycles. The molecule has 1 saturated carbocycles. The maximum absolute atomic E-state index is 12.4. The second-order valence-electron chi connectivity index (χ2n) is 8.79. The van der Waals surface area contributed by atoms with Gasteiger partial charge in [-0.05, 0) is 42.8 Å². The standard InChI is InChI=1S/C15H23F3N4OS2.C9H7F3N2/c16-15(17,18)13(19)25-14(20)22-8-6-21(7-9-22)12(24)10-23-11-4-2-1-3-5-11;1-14-7-3-2-6(5-13)8(4-7)9(10,11)12/h11,19-20H,1-10H2;2-4,14H,1H3. The fourth-order valence-electron chi connectivity index (χ4n) is 3.92. The Bertz CT molecular complexity index is 1050. The first-order valence-electron chi connectivity index (χ1n) is 12.1. The number of thiocarbonyl (C=S) groups is 1. The van der Waals surface area contributed by atoms with Crippen molar-refractivity contribution >= 4 is 44.9 Å². The predicted octanol–water partition coefficient (Wildman–Crippen LogP) is 6.11. The van der Waals surface area contributed by atoms with Gasteiger partial charge in [0.25, 0.3) is 0 Å². The molecule has 3 rings (SSSR count). The van der Waals surface area contributed by atoms with Crippen molar-refractivity contribution in [2.24, 2.45) is 0 Å². The normalized spacial score (nSPS) is 16.6. The van der Waals surface area contributed by atoms with E-state index in [1.54, 1.807) is 4.90 Å². The molecular formula is C24H30F6N6OS2. The van der Waals surface area contributed by atoms with Crippen molar-refractivity contribution in [2.45, 2.75) is 50.6 Å². The number of amidine groups is 1. The molecule has 1 heterocycles. The number of halogens is 6. The number of thioether (sulfide) groups is 1. The molecule has 0 atom stereocenters. The maximum Gasteiger partial charge on any atom is 0.439 e. The van der Waals surface area contributed by atoms with E-state index in [0.717, 1.165) is 25.0 Å². The van der Waals surface area contributed by atoms with Crippen LogP contribution in [0.2, 0.25) is 0 Å². The first kappa shape index (κ1) is 32.6. The Hall–Kier alpha value is -2.57. The average molecular weight is 597 g/mol. The molecule has 1 aromatic rings. The molecule has 0 aromatic heterocycles. The molecule has 2 fully saturated rings. The van der Waals surface area contributed by atoms with Crippen LogP contribution in [0.15, 0.2) is 18.2 Å². The lowest BCUT2D eigenvalue weighted by molar-refractivity contribution is -0.137. The van der Waals surface area contributed by atoms with Crippen molar-refractivity contribution in [1.82, 2.24) is 9.80 Å². The van der Waals surface area contributed by atoms with Crippen LogP contribution >= 0.6 is 24.0 Å². The smallest absolute Gasteiger partial charge is 0.388 e. The molecule has 0 unspecified atom stereocenters. The predicted molar refractivity (Wildman–Crippen MR) is 143 cm³/mol. The van der Waals surface area contributed by atoms with Crippen molar-refractivity contribution in [3.63, 3.8) is 0 Å². The number of nitrogens with zero attached hydrogens (tertiary/aromatic N) is 3. The van der Waals surface area contributed by atoms with Crippen LogP contribution in [0.5, 0.6) is 0 Å². The lowest BCUT2D eigenvalue weighted by Crippen LogP contribution is -2.50. The molecular weight excluding hydrogens is 566 g/mol. The summed E-state index contributed by atoms with van der Waals surface area (Å²) in [6.45, 7) is 2.34. The van der Waals surface area contributed by atoms with E-state index in [-0.39, 0.29) is 28.6 Å². The van der Waals surface area contributed by atoms with Crippen molar-refractivity contribution in [1.29, 1.82) is 16.1 Å². The summed E-state index contributed by atoms with van der Waals surface area (Å²) < 4.78 is 80.1. The monoisotopic (exact) mass is 596 g/mol. The zero-order valence-corrected chi connectivity index (χ0v) is 22.8. The molecule has 7 nitrogen and oxygen atoms in total. The summed E-state index contributed by atoms with van der Waals surface area (Å²) >= 11 is 5.55. The lowest BCUT2D eigenvalue weighted by atomic mass is 9.98. The van der Waals surface area contributed by atoms with Crippen LogP contribution in [-0.4, -0.2) is 77.1 Å². The number of nitrogens with one attached hydrogen (secondary N) is 3. The summed E-state index contributed by atoms with van der Waals surface area (Å²) in [4.78, 5) is 4.25. The Kier molecular flexibility index (Phi) is 12.3. The lowest BCUT2D eigenvalue weighted by Gasteiger charge is -2.37. The highest BCUT2D eigenvalue weighted by molar-refractivity contribution is 8.26. The molecule has 39 heavy (non-hydrogen) atoms. The number of hydrogen-bond acceptors (Lipinski definition) is 7. The van der Waals surface area contributed by atoms with Gasteiger partial charge >= 0.3 is 12.4 Å². The van der Waals surface area contributed by atoms with E-state index in [4.69, 9.17) is 33.0 Å². The molecule has 1 saturated heterocycles. The molecule has 216 valence electrons. The van der Waals surface area contributed by atoms with E-state index in [2.05, 4.69) is 5.32 Å². The van der Waals surface area contributed by atoms with E-state index >= 15 is 0 Å². The summed E-state index contributed by atoms with van der Waals surface area (Å²) in [7, 11) is 1.52. The zero-order chi connectivity index (χ0) is 29.2. The van der Waals surface area contributed by atoms with E-state index < -0.39 is 23.0 Å². The van der Waals surface area contributed by atoms with Gasteiger partial charge in [-0.2, -0.15) is 31.6 Å². The molecule has 0 spiro atoms. The van der Waals surface area contributed by atoms with Gasteiger partial charge in [-0.1, -0.05) is 31.5 Å². The van der Waals surface area contributed by atoms with Gasteiger partial charge in [0, 0.05) is 38.9 Å². The number of ether oxygens (including phenoxy) is 1. The van der Waals surface area contributed by atoms with Gasteiger partial charge in [0.2, 0.25) is 0 Å². The fourth-order valence-corrected chi connectivity index (χ4v) is 4.79. The molecule has 0 radical (unpaired) electrons. The quantitative estimate of drug-likeness (QED) is 0.167. The van der Waals surface area contributed by atoms with Crippen molar-refractivity contribution in [2.75, 3.05) is 45.2 Å². The number of piperazine rings is 1. The second-order valence-corrected chi connectivity index (χ2v) is 10.3. The van der Waals surface area contributed by atoms with Gasteiger partial charge in [-0.15, -0.1) is 0 Å². The van der Waals surface area contributed by atoms with Crippen molar-refractivity contribution < 1.29 is 31.1 Å². The summed E-state index contributed by atoms with van der Waals surface area (Å²) in [6, 6.07) is 4.99. The highest BCUT2D eigenvalue weighted by Gasteiger charge is 2.37. The molecule has 0 bridgehead atoms. The third kappa shape index (κ3) is 10.5. The van der Waals surface area contributed by atoms with E-state index in [0.29, 0.717) is 43.5 Å². The Labute approximate surface area is 232 Å². The number of anilines is 1. The highest BCUT2D eigenvalue weighted by atomic mass is 32.2. The van der Waals surface area contributed by atoms with E-state index in [1.807, 2.05) is 4.90 Å². The molecule has 2 aliphatic rings. The third-order valence-corrected chi connectivity index (χ3v) is 7.37. The molecule has 15 heteroatoms. The van der Waals surface area contributed by atoms with E-state index in [1.165, 1.54) is 38.4 Å². The van der Waals surface area contributed by atoms with Crippen molar-refractivity contribution in [3.8, 4) is 6.07 Å². The Morgan fingerprint density at radius 3 is 2.18 bits per heavy atom. The van der Waals surface area contributed by atoms with Gasteiger partial charge in [0.05, 0.1) is 29.9 Å². The Morgan fingerprint density at radius 1 is 1.08 bits per heavy atom. The largest absolute Gasteiger partial charge is 0.439 e. The van der Waals surface area contributed by atoms with Crippen LogP contribution in [-0.2, 0) is 10.9 Å². The van der Waals surface area contributed by atoms with E-state index in [9.17, 15) is 26.3 Å². The Morgan fingerprint density at radius 2 is 1.67 bits per heavy atom. The van der Waals surface area contributed by atoms with Gasteiger partial charge in [0.1, 0.15) is 4.99 Å². The summed E-state index contributed by atoms with van der Waals surface area (Å²) in [6.07, 6.45) is -3.08. The van der Waals surface area contributed by atoms with Gasteiger partial charge in [-0.25, -0.2) is 0 Å². The highest BCUT2D eigenvalue weighted by Crippen LogP contribution is 2.33. The minimum Gasteiger partial charge on any atom is -0.388 e. The Balaban J connectivity index is 0.000000322. The first-order valence-corrected chi connectivity index (χ1v) is 13.3. The van der Waals surface area contributed by atoms with Crippen LogP contribution in [0.25, 0.3) is 0 Å². The number of alkyl halides is 6. The number of nitriles is 1. The average Bonchev–Trinajstić information content (AvgIpc) is 2.91. The maximum atomic E-state index is 12.4. The SMILES string of the molecule is CNc1ccc(C#N)c(C(F)(F)F)c1.N=C(SC(=N)C(F)(F)F)N1CCN(C(=S)COC2CCCCC2)CC1. The molecule has 0 amide bonds. The van der Waals surface area contributed by atoms with Crippen LogP contribution in [0.1, 0.15) is 43.2 Å². The number of hydrogen-bond donors (Lipinski definition) is 3. The van der Waals surface area contributed by atoms with Crippen molar-refractivity contribution in [3.05, 3.63) is 29.3 Å². The topological polar surface area (TPSA) is 99.2 Å². The number of rotatable bonds is 4. The van der Waals surface area contributed by atoms with Crippen LogP contribution in [0.4, 0.5) is 32.0 Å². The van der Waals surface area contributed by atoms with Crippen LogP contribution < -0.4 is 5.32 Å². The van der Waals surface area contributed by atoms with Crippen LogP contribution in [0.3, 0.4) is 0 Å². The minimum atomic E-state index is -4.70. The van der Waals surface area contributed by atoms with Gasteiger partial charge in [-0.3, -0.25) is 10.8 Å². The zero-order valence-electron chi connectivity index (χ0n) is 21.2.